The molecule has 154 valence electrons. The molecule has 0 atom stereocenters. The lowest BCUT2D eigenvalue weighted by Crippen LogP contribution is -2.50. The van der Waals surface area contributed by atoms with Crippen molar-refractivity contribution in [1.82, 2.24) is 9.80 Å². The van der Waals surface area contributed by atoms with E-state index in [4.69, 9.17) is 9.47 Å². The lowest BCUT2D eigenvalue weighted by atomic mass is 10.3. The first kappa shape index (κ1) is 20.5. The van der Waals surface area contributed by atoms with Gasteiger partial charge in [0, 0.05) is 38.8 Å². The van der Waals surface area contributed by atoms with Gasteiger partial charge in [0.25, 0.3) is 11.6 Å². The van der Waals surface area contributed by atoms with E-state index in [-0.39, 0.29) is 24.0 Å². The number of carbonyl (C=O) groups is 1. The molecule has 0 aliphatic carbocycles. The molecule has 0 radical (unpaired) electrons. The molecule has 0 unspecified atom stereocenters. The molecule has 0 N–H and O–H groups in total. The highest BCUT2D eigenvalue weighted by Crippen LogP contribution is 2.19. The van der Waals surface area contributed by atoms with Gasteiger partial charge in [-0.1, -0.05) is 6.07 Å². The second-order valence-corrected chi connectivity index (χ2v) is 6.57. The maximum absolute atomic E-state index is 12.9. The largest absolute Gasteiger partial charge is 0.492 e. The molecule has 2 aromatic carbocycles. The van der Waals surface area contributed by atoms with Crippen molar-refractivity contribution in [2.24, 2.45) is 0 Å². The number of rotatable bonds is 8. The molecule has 1 fully saturated rings. The summed E-state index contributed by atoms with van der Waals surface area (Å²) >= 11 is 0. The zero-order valence-electron chi connectivity index (χ0n) is 15.8. The van der Waals surface area contributed by atoms with Crippen LogP contribution in [0.3, 0.4) is 0 Å². The smallest absolute Gasteiger partial charge is 0.273 e. The Bertz CT molecular complexity index is 838. The van der Waals surface area contributed by atoms with Crippen molar-refractivity contribution in [1.29, 1.82) is 0 Å². The number of benzene rings is 2. The van der Waals surface area contributed by atoms with Crippen LogP contribution >= 0.6 is 0 Å². The summed E-state index contributed by atoms with van der Waals surface area (Å²) < 4.78 is 23.9. The molecule has 0 aromatic heterocycles. The molecule has 0 saturated carbocycles. The normalized spacial score (nSPS) is 14.4. The monoisotopic (exact) mass is 403 g/mol. The Morgan fingerprint density at radius 3 is 2.45 bits per heavy atom. The van der Waals surface area contributed by atoms with E-state index >= 15 is 0 Å². The minimum atomic E-state index is -0.455. The second-order valence-electron chi connectivity index (χ2n) is 6.57. The standard InChI is InChI=1S/C20H22FN3O5/c21-16-4-6-18(7-5-16)29-15-20(25)23-10-8-22(9-11-23)12-13-28-19-3-1-2-17(14-19)24(26)27/h1-7,14H,8-13,15H2. The van der Waals surface area contributed by atoms with Gasteiger partial charge in [-0.05, 0) is 30.3 Å². The van der Waals surface area contributed by atoms with Gasteiger partial charge in [0.2, 0.25) is 0 Å². The third-order valence-electron chi connectivity index (χ3n) is 4.61. The molecule has 1 heterocycles. The van der Waals surface area contributed by atoms with Gasteiger partial charge in [-0.15, -0.1) is 0 Å². The molecule has 8 nitrogen and oxygen atoms in total. The summed E-state index contributed by atoms with van der Waals surface area (Å²) in [6.45, 7) is 3.58. The fourth-order valence-electron chi connectivity index (χ4n) is 2.97. The minimum Gasteiger partial charge on any atom is -0.492 e. The summed E-state index contributed by atoms with van der Waals surface area (Å²) in [5, 5.41) is 10.8. The average Bonchev–Trinajstić information content (AvgIpc) is 2.74. The predicted molar refractivity (Wildman–Crippen MR) is 104 cm³/mol. The molecule has 1 saturated heterocycles. The van der Waals surface area contributed by atoms with Gasteiger partial charge in [-0.3, -0.25) is 19.8 Å². The minimum absolute atomic E-state index is 0.00233. The number of nitro groups is 1. The summed E-state index contributed by atoms with van der Waals surface area (Å²) in [7, 11) is 0. The van der Waals surface area contributed by atoms with E-state index in [0.717, 1.165) is 0 Å². The fourth-order valence-corrected chi connectivity index (χ4v) is 2.97. The van der Waals surface area contributed by atoms with Crippen LogP contribution in [0.5, 0.6) is 11.5 Å². The lowest BCUT2D eigenvalue weighted by molar-refractivity contribution is -0.384. The first-order valence-electron chi connectivity index (χ1n) is 9.27. The van der Waals surface area contributed by atoms with Crippen LogP contribution in [-0.2, 0) is 4.79 Å². The van der Waals surface area contributed by atoms with Crippen LogP contribution in [0.25, 0.3) is 0 Å². The van der Waals surface area contributed by atoms with E-state index in [9.17, 15) is 19.3 Å². The van der Waals surface area contributed by atoms with Gasteiger partial charge >= 0.3 is 0 Å². The highest BCUT2D eigenvalue weighted by Gasteiger charge is 2.21. The van der Waals surface area contributed by atoms with Crippen molar-refractivity contribution >= 4 is 11.6 Å². The van der Waals surface area contributed by atoms with Gasteiger partial charge in [-0.25, -0.2) is 4.39 Å². The second kappa shape index (κ2) is 9.83. The average molecular weight is 403 g/mol. The highest BCUT2D eigenvalue weighted by atomic mass is 19.1. The van der Waals surface area contributed by atoms with E-state index in [1.54, 1.807) is 17.0 Å². The topological polar surface area (TPSA) is 85.2 Å². The Hall–Kier alpha value is -3.20. The number of ether oxygens (including phenoxy) is 2. The van der Waals surface area contributed by atoms with E-state index in [2.05, 4.69) is 4.90 Å². The molecule has 1 amide bonds. The van der Waals surface area contributed by atoms with Crippen molar-refractivity contribution in [3.05, 3.63) is 64.5 Å². The van der Waals surface area contributed by atoms with Crippen molar-refractivity contribution < 1.29 is 23.6 Å². The van der Waals surface area contributed by atoms with Gasteiger partial charge in [0.05, 0.1) is 11.0 Å². The zero-order valence-corrected chi connectivity index (χ0v) is 15.8. The van der Waals surface area contributed by atoms with Crippen molar-refractivity contribution in [2.75, 3.05) is 45.9 Å². The Morgan fingerprint density at radius 2 is 1.76 bits per heavy atom. The lowest BCUT2D eigenvalue weighted by Gasteiger charge is -2.34. The molecule has 2 aromatic rings. The number of amides is 1. The maximum Gasteiger partial charge on any atom is 0.273 e. The number of nitro benzene ring substituents is 1. The van der Waals surface area contributed by atoms with Crippen LogP contribution in [0, 0.1) is 15.9 Å². The number of hydrogen-bond acceptors (Lipinski definition) is 6. The third-order valence-corrected chi connectivity index (χ3v) is 4.61. The van der Waals surface area contributed by atoms with Crippen LogP contribution < -0.4 is 9.47 Å². The molecule has 29 heavy (non-hydrogen) atoms. The Morgan fingerprint density at radius 1 is 1.03 bits per heavy atom. The molecular weight excluding hydrogens is 381 g/mol. The number of non-ortho nitro benzene ring substituents is 1. The van der Waals surface area contributed by atoms with Crippen molar-refractivity contribution in [2.45, 2.75) is 0 Å². The van der Waals surface area contributed by atoms with Crippen molar-refractivity contribution in [3.63, 3.8) is 0 Å². The van der Waals surface area contributed by atoms with Crippen molar-refractivity contribution in [3.8, 4) is 11.5 Å². The molecule has 0 bridgehead atoms. The Kier molecular flexibility index (Phi) is 6.96. The van der Waals surface area contributed by atoms with Crippen LogP contribution in [0.1, 0.15) is 0 Å². The zero-order chi connectivity index (χ0) is 20.6. The summed E-state index contributed by atoms with van der Waals surface area (Å²) in [6.07, 6.45) is 0. The molecule has 3 rings (SSSR count). The SMILES string of the molecule is O=C(COc1ccc(F)cc1)N1CCN(CCOc2cccc([N+](=O)[O-])c2)CC1. The number of halogens is 1. The third kappa shape index (κ3) is 6.15. The van der Waals surface area contributed by atoms with E-state index in [1.807, 2.05) is 0 Å². The fraction of sp³-hybridized carbons (Fsp3) is 0.350. The van der Waals surface area contributed by atoms with Crippen LogP contribution in [0.4, 0.5) is 10.1 Å². The summed E-state index contributed by atoms with van der Waals surface area (Å²) in [4.78, 5) is 26.5. The number of hydrogen-bond donors (Lipinski definition) is 0. The number of carbonyl (C=O) groups excluding carboxylic acids is 1. The molecule has 9 heteroatoms. The molecule has 0 spiro atoms. The van der Waals surface area contributed by atoms with Gasteiger partial charge in [-0.2, -0.15) is 0 Å². The molecule has 1 aliphatic heterocycles. The maximum atomic E-state index is 12.9. The first-order chi connectivity index (χ1) is 14.0. The summed E-state index contributed by atoms with van der Waals surface area (Å²) in [5.41, 5.74) is -0.00233. The van der Waals surface area contributed by atoms with E-state index in [1.165, 1.54) is 36.4 Å². The highest BCUT2D eigenvalue weighted by molar-refractivity contribution is 5.77. The van der Waals surface area contributed by atoms with Gasteiger partial charge in [0.15, 0.2) is 6.61 Å². The van der Waals surface area contributed by atoms with Gasteiger partial charge in [0.1, 0.15) is 23.9 Å². The molecular formula is C20H22FN3O5. The summed E-state index contributed by atoms with van der Waals surface area (Å²) in [6, 6.07) is 11.6. The Balaban J connectivity index is 1.35. The van der Waals surface area contributed by atoms with E-state index < -0.39 is 4.92 Å². The number of piperazine rings is 1. The quantitative estimate of drug-likeness (QED) is 0.497. The first-order valence-corrected chi connectivity index (χ1v) is 9.27. The van der Waals surface area contributed by atoms with Crippen LogP contribution in [0.15, 0.2) is 48.5 Å². The van der Waals surface area contributed by atoms with Crippen LogP contribution in [-0.4, -0.2) is 66.6 Å². The van der Waals surface area contributed by atoms with Crippen LogP contribution in [0.2, 0.25) is 0 Å². The summed E-state index contributed by atoms with van der Waals surface area (Å²) in [5.74, 6) is 0.457. The predicted octanol–water partition coefficient (Wildman–Crippen LogP) is 2.34. The molecule has 1 aliphatic rings. The Labute approximate surface area is 167 Å². The van der Waals surface area contributed by atoms with E-state index in [0.29, 0.717) is 50.8 Å². The number of nitrogens with zero attached hydrogens (tertiary/aromatic N) is 3. The van der Waals surface area contributed by atoms with Gasteiger partial charge < -0.3 is 14.4 Å².